The molecule has 0 spiro atoms. The molecular formula is C34H58O11. The lowest BCUT2D eigenvalue weighted by molar-refractivity contribution is -0.320. The van der Waals surface area contributed by atoms with E-state index in [2.05, 4.69) is 20.4 Å². The van der Waals surface area contributed by atoms with Gasteiger partial charge in [0.15, 0.2) is 6.29 Å². The van der Waals surface area contributed by atoms with E-state index in [1.54, 1.807) is 0 Å². The summed E-state index contributed by atoms with van der Waals surface area (Å²) in [6.07, 6.45) is -5.76. The first-order chi connectivity index (χ1) is 21.1. The molecule has 4 aliphatic carbocycles. The lowest BCUT2D eigenvalue weighted by Crippen LogP contribution is -2.71. The molecule has 0 bridgehead atoms. The average molecular weight is 643 g/mol. The highest BCUT2D eigenvalue weighted by Crippen LogP contribution is 2.70. The summed E-state index contributed by atoms with van der Waals surface area (Å²) in [4.78, 5) is 0. The van der Waals surface area contributed by atoms with Gasteiger partial charge in [0.2, 0.25) is 0 Å². The number of ether oxygens (including phenoxy) is 3. The normalized spacial score (nSPS) is 52.8. The molecule has 0 aromatic rings. The molecule has 260 valence electrons. The highest BCUT2D eigenvalue weighted by atomic mass is 16.7. The third-order valence-corrected chi connectivity index (χ3v) is 13.4. The predicted molar refractivity (Wildman–Crippen MR) is 163 cm³/mol. The summed E-state index contributed by atoms with van der Waals surface area (Å²) >= 11 is 0. The lowest BCUT2D eigenvalue weighted by atomic mass is 9.41. The van der Waals surface area contributed by atoms with Crippen LogP contribution >= 0.6 is 0 Å². The number of methoxy groups -OCH3 is 1. The zero-order valence-corrected chi connectivity index (χ0v) is 27.5. The summed E-state index contributed by atoms with van der Waals surface area (Å²) < 4.78 is 17.1. The molecule has 1 saturated heterocycles. The monoisotopic (exact) mass is 642 g/mol. The van der Waals surface area contributed by atoms with E-state index < -0.39 is 83.4 Å². The van der Waals surface area contributed by atoms with Crippen molar-refractivity contribution >= 4 is 0 Å². The van der Waals surface area contributed by atoms with Crippen molar-refractivity contribution in [2.75, 3.05) is 20.3 Å². The molecule has 7 unspecified atom stereocenters. The largest absolute Gasteiger partial charge is 0.396 e. The number of fused-ring (bicyclic) bond motifs is 5. The van der Waals surface area contributed by atoms with E-state index in [1.165, 1.54) is 7.11 Å². The van der Waals surface area contributed by atoms with Crippen LogP contribution in [0.2, 0.25) is 0 Å². The van der Waals surface area contributed by atoms with Crippen LogP contribution in [0.1, 0.15) is 72.6 Å². The smallest absolute Gasteiger partial charge is 0.186 e. The number of hydrogen-bond donors (Lipinski definition) is 8. The quantitative estimate of drug-likeness (QED) is 0.131. The Morgan fingerprint density at radius 3 is 2.24 bits per heavy atom. The fourth-order valence-electron chi connectivity index (χ4n) is 11.0. The zero-order valence-electron chi connectivity index (χ0n) is 27.5. The van der Waals surface area contributed by atoms with E-state index in [0.717, 1.165) is 12.0 Å². The van der Waals surface area contributed by atoms with Gasteiger partial charge in [-0.3, -0.25) is 0 Å². The van der Waals surface area contributed by atoms with Gasteiger partial charge in [0, 0.05) is 32.0 Å². The summed E-state index contributed by atoms with van der Waals surface area (Å²) in [5, 5.41) is 89.2. The van der Waals surface area contributed by atoms with Gasteiger partial charge in [0.1, 0.15) is 18.3 Å². The Hall–Kier alpha value is -0.700. The maximum absolute atomic E-state index is 12.7. The number of aliphatic hydroxyl groups excluding tert-OH is 7. The fraction of sp³-hybridized carbons (Fsp3) is 0.941. The summed E-state index contributed by atoms with van der Waals surface area (Å²) in [6.45, 7) is 12.1. The van der Waals surface area contributed by atoms with Crippen LogP contribution in [0.25, 0.3) is 0 Å². The lowest BCUT2D eigenvalue weighted by Gasteiger charge is -2.66. The first kappa shape index (κ1) is 35.6. The molecule has 1 heterocycles. The Labute approximate surface area is 267 Å². The van der Waals surface area contributed by atoms with Crippen LogP contribution in [0, 0.1) is 46.3 Å². The van der Waals surface area contributed by atoms with Crippen LogP contribution in [0.15, 0.2) is 12.2 Å². The van der Waals surface area contributed by atoms with Crippen LogP contribution in [0.4, 0.5) is 0 Å². The van der Waals surface area contributed by atoms with Gasteiger partial charge in [-0.15, -0.1) is 0 Å². The van der Waals surface area contributed by atoms with Crippen molar-refractivity contribution in [3.63, 3.8) is 0 Å². The van der Waals surface area contributed by atoms with Crippen LogP contribution in [-0.4, -0.2) is 122 Å². The minimum absolute atomic E-state index is 0.0138. The summed E-state index contributed by atoms with van der Waals surface area (Å²) in [5.41, 5.74) is -1.75. The van der Waals surface area contributed by atoms with E-state index in [1.807, 2.05) is 13.8 Å². The van der Waals surface area contributed by atoms with Gasteiger partial charge < -0.3 is 55.1 Å². The minimum atomic E-state index is -1.46. The van der Waals surface area contributed by atoms with Crippen molar-refractivity contribution in [3.05, 3.63) is 12.2 Å². The summed E-state index contributed by atoms with van der Waals surface area (Å²) in [6, 6.07) is 0. The highest BCUT2D eigenvalue weighted by Gasteiger charge is 2.73. The second kappa shape index (κ2) is 13.0. The number of hydrogen-bond acceptors (Lipinski definition) is 11. The van der Waals surface area contributed by atoms with Gasteiger partial charge in [0.05, 0.1) is 42.7 Å². The van der Waals surface area contributed by atoms with Crippen LogP contribution in [0.3, 0.4) is 0 Å². The van der Waals surface area contributed by atoms with Crippen LogP contribution < -0.4 is 0 Å². The van der Waals surface area contributed by atoms with E-state index in [-0.39, 0.29) is 43.3 Å². The van der Waals surface area contributed by atoms with Gasteiger partial charge in [-0.25, -0.2) is 0 Å². The molecule has 11 nitrogen and oxygen atoms in total. The Bertz CT molecular complexity index is 1060. The molecule has 45 heavy (non-hydrogen) atoms. The summed E-state index contributed by atoms with van der Waals surface area (Å²) in [5.74, 6) is -1.87. The number of rotatable bonds is 9. The topological polar surface area (TPSA) is 190 Å². The van der Waals surface area contributed by atoms with Crippen molar-refractivity contribution in [1.29, 1.82) is 0 Å². The van der Waals surface area contributed by atoms with Gasteiger partial charge in [0.25, 0.3) is 0 Å². The van der Waals surface area contributed by atoms with E-state index in [9.17, 15) is 40.9 Å². The Morgan fingerprint density at radius 2 is 1.60 bits per heavy atom. The average Bonchev–Trinajstić information content (AvgIpc) is 3.19. The van der Waals surface area contributed by atoms with Gasteiger partial charge >= 0.3 is 0 Å². The second-order valence-electron chi connectivity index (χ2n) is 15.8. The first-order valence-corrected chi connectivity index (χ1v) is 17.0. The third kappa shape index (κ3) is 5.65. The summed E-state index contributed by atoms with van der Waals surface area (Å²) in [7, 11) is 1.39. The van der Waals surface area contributed by atoms with E-state index >= 15 is 0 Å². The van der Waals surface area contributed by atoms with Crippen molar-refractivity contribution in [3.8, 4) is 0 Å². The third-order valence-electron chi connectivity index (χ3n) is 13.4. The highest BCUT2D eigenvalue weighted by molar-refractivity contribution is 5.22. The Morgan fingerprint density at radius 1 is 0.933 bits per heavy atom. The molecule has 18 atom stereocenters. The standard InChI is InChI=1S/C34H58O11/c1-16(18(3)14-35)7-8-17(2)23-27(40)28(41)30-33(23,5)12-10-22-32(4)11-9-21(26(39)24(32)19(36)13-34(22,30)42)45-31-29(43-6)25(38)20(37)15-44-31/h17-31,35-42H,1,7-15H2,2-6H3/t17-,18?,19?,20-,21?,22-,23+,24?,25+,26?,27?,28?,29-,30-,31+,32-,33-,34+/m1/s1. The second-order valence-corrected chi connectivity index (χ2v) is 15.8. The molecule has 4 saturated carbocycles. The van der Waals surface area contributed by atoms with Crippen molar-refractivity contribution in [2.24, 2.45) is 46.3 Å². The van der Waals surface area contributed by atoms with Crippen molar-refractivity contribution < 1.29 is 55.1 Å². The van der Waals surface area contributed by atoms with Gasteiger partial charge in [-0.1, -0.05) is 39.8 Å². The molecule has 0 aromatic heterocycles. The van der Waals surface area contributed by atoms with Crippen LogP contribution in [0.5, 0.6) is 0 Å². The van der Waals surface area contributed by atoms with Gasteiger partial charge in [-0.2, -0.15) is 0 Å². The van der Waals surface area contributed by atoms with Gasteiger partial charge in [-0.05, 0) is 73.0 Å². The first-order valence-electron chi connectivity index (χ1n) is 17.0. The van der Waals surface area contributed by atoms with Crippen molar-refractivity contribution in [1.82, 2.24) is 0 Å². The molecule has 5 rings (SSSR count). The Kier molecular flexibility index (Phi) is 10.3. The van der Waals surface area contributed by atoms with Crippen molar-refractivity contribution in [2.45, 2.75) is 133 Å². The maximum atomic E-state index is 12.7. The molecule has 0 radical (unpaired) electrons. The molecule has 5 aliphatic rings. The van der Waals surface area contributed by atoms with E-state index in [0.29, 0.717) is 32.1 Å². The molecule has 8 N–H and O–H groups in total. The minimum Gasteiger partial charge on any atom is -0.396 e. The van der Waals surface area contributed by atoms with Crippen LogP contribution in [-0.2, 0) is 14.2 Å². The fourth-order valence-corrected chi connectivity index (χ4v) is 11.0. The molecule has 5 fully saturated rings. The SMILES string of the molecule is C=C(CC[C@@H](C)[C@H]1C(O)C(O)[C@@H]2[C@]1(C)CC[C@H]1[C@@]2(O)CC(O)C2C(O)C(O[C@@H]3OC[C@@H](O)[C@H](O)[C@H]3OC)CC[C@@]21C)C(C)CO. The molecule has 0 aromatic carbocycles. The predicted octanol–water partition coefficient (Wildman–Crippen LogP) is 0.723. The Balaban J connectivity index is 1.36. The number of aliphatic hydroxyl groups is 8. The molecule has 1 aliphatic heterocycles. The molecule has 0 amide bonds. The maximum Gasteiger partial charge on any atom is 0.186 e. The molecular weight excluding hydrogens is 584 g/mol. The zero-order chi connectivity index (χ0) is 33.2. The van der Waals surface area contributed by atoms with E-state index in [4.69, 9.17) is 14.2 Å². The molecule has 11 heteroatoms.